The maximum Gasteiger partial charge on any atom is 0.253 e. The minimum absolute atomic E-state index is 0.131. The molecule has 1 N–H and O–H groups in total. The predicted octanol–water partition coefficient (Wildman–Crippen LogP) is 4.25. The maximum atomic E-state index is 13.0. The fraction of sp³-hybridized carbons (Fsp3) is 0.364. The molecule has 2 aromatic rings. The number of nitrogens with zero attached hydrogens (tertiary/aromatic N) is 1. The molecule has 1 atom stereocenters. The number of benzene rings is 2. The van der Waals surface area contributed by atoms with Crippen molar-refractivity contribution >= 4 is 35.2 Å². The molecule has 2 rings (SSSR count). The minimum Gasteiger partial charge on any atom is -0.494 e. The number of thioether (sulfide) groups is 1. The molecular weight excluding hydrogens is 408 g/mol. The van der Waals surface area contributed by atoms with Gasteiger partial charge < -0.3 is 15.0 Å². The largest absolute Gasteiger partial charge is 0.494 e. The number of amides is 2. The lowest BCUT2D eigenvalue weighted by molar-refractivity contribution is -0.132. The van der Waals surface area contributed by atoms with Crippen molar-refractivity contribution in [2.45, 2.75) is 25.9 Å². The van der Waals surface area contributed by atoms with Crippen LogP contribution in [0.4, 0.5) is 0 Å². The van der Waals surface area contributed by atoms with Gasteiger partial charge in [-0.2, -0.15) is 11.8 Å². The molecule has 0 heterocycles. The number of carbonyl (C=O) groups excluding carboxylic acids is 2. The molecule has 7 heteroatoms. The Bertz CT molecular complexity index is 814. The van der Waals surface area contributed by atoms with E-state index in [1.54, 1.807) is 48.0 Å². The molecule has 0 fully saturated rings. The number of halogens is 1. The first-order chi connectivity index (χ1) is 14.0. The molecule has 0 aliphatic rings. The van der Waals surface area contributed by atoms with E-state index in [0.717, 1.165) is 17.1 Å². The van der Waals surface area contributed by atoms with Gasteiger partial charge in [0, 0.05) is 13.6 Å². The summed E-state index contributed by atoms with van der Waals surface area (Å²) >= 11 is 7.75. The van der Waals surface area contributed by atoms with Gasteiger partial charge in [0.1, 0.15) is 11.8 Å². The highest BCUT2D eigenvalue weighted by atomic mass is 35.5. The van der Waals surface area contributed by atoms with Crippen molar-refractivity contribution in [2.24, 2.45) is 0 Å². The van der Waals surface area contributed by atoms with Crippen molar-refractivity contribution in [2.75, 3.05) is 25.7 Å². The lowest BCUT2D eigenvalue weighted by Crippen LogP contribution is -2.47. The Morgan fingerprint density at radius 1 is 1.17 bits per heavy atom. The van der Waals surface area contributed by atoms with Gasteiger partial charge in [0.2, 0.25) is 5.91 Å². The molecule has 0 saturated heterocycles. The van der Waals surface area contributed by atoms with Crippen LogP contribution >= 0.6 is 23.4 Å². The van der Waals surface area contributed by atoms with Crippen LogP contribution in [0.3, 0.4) is 0 Å². The van der Waals surface area contributed by atoms with Gasteiger partial charge in [0.25, 0.3) is 5.91 Å². The van der Waals surface area contributed by atoms with E-state index in [4.69, 9.17) is 16.3 Å². The topological polar surface area (TPSA) is 58.6 Å². The van der Waals surface area contributed by atoms with Crippen molar-refractivity contribution < 1.29 is 14.3 Å². The molecule has 2 amide bonds. The quantitative estimate of drug-likeness (QED) is 0.607. The fourth-order valence-corrected chi connectivity index (χ4v) is 3.54. The van der Waals surface area contributed by atoms with Crippen LogP contribution in [0.5, 0.6) is 5.75 Å². The summed E-state index contributed by atoms with van der Waals surface area (Å²) in [6.07, 6.45) is 2.52. The number of ether oxygens (including phenoxy) is 1. The summed E-state index contributed by atoms with van der Waals surface area (Å²) < 4.78 is 5.45. The van der Waals surface area contributed by atoms with Crippen molar-refractivity contribution in [3.63, 3.8) is 0 Å². The number of likely N-dealkylation sites (N-methyl/N-ethyl adjacent to an activating group) is 1. The Hall–Kier alpha value is -2.18. The van der Waals surface area contributed by atoms with Crippen LogP contribution in [0, 0.1) is 0 Å². The zero-order valence-electron chi connectivity index (χ0n) is 17.0. The van der Waals surface area contributed by atoms with Crippen LogP contribution in [-0.4, -0.2) is 48.4 Å². The van der Waals surface area contributed by atoms with E-state index in [-0.39, 0.29) is 11.8 Å². The number of hydrogen-bond acceptors (Lipinski definition) is 4. The second kappa shape index (κ2) is 11.7. The number of rotatable bonds is 10. The average Bonchev–Trinajstić information content (AvgIpc) is 2.72. The van der Waals surface area contributed by atoms with Crippen LogP contribution in [0.15, 0.2) is 48.5 Å². The van der Waals surface area contributed by atoms with Crippen LogP contribution in [0.1, 0.15) is 29.3 Å². The SMILES string of the molecule is CCOc1ccc(CN(C)C(=O)C(CCSC)NC(=O)c2ccccc2Cl)cc1. The zero-order valence-corrected chi connectivity index (χ0v) is 18.6. The summed E-state index contributed by atoms with van der Waals surface area (Å²) in [5, 5.41) is 3.22. The minimum atomic E-state index is -0.612. The average molecular weight is 435 g/mol. The van der Waals surface area contributed by atoms with Gasteiger partial charge in [-0.1, -0.05) is 35.9 Å². The van der Waals surface area contributed by atoms with Gasteiger partial charge in [-0.3, -0.25) is 9.59 Å². The molecule has 1 unspecified atom stereocenters. The van der Waals surface area contributed by atoms with Crippen LogP contribution < -0.4 is 10.1 Å². The standard InChI is InChI=1S/C22H27ClN2O3S/c1-4-28-17-11-9-16(10-12-17)15-25(2)22(27)20(13-14-29-3)24-21(26)18-7-5-6-8-19(18)23/h5-12,20H,4,13-15H2,1-3H3,(H,24,26). The number of carbonyl (C=O) groups is 2. The molecule has 29 heavy (non-hydrogen) atoms. The van der Waals surface area contributed by atoms with Gasteiger partial charge in [0.15, 0.2) is 0 Å². The van der Waals surface area contributed by atoms with E-state index in [1.807, 2.05) is 37.4 Å². The molecule has 2 aromatic carbocycles. The molecule has 0 radical (unpaired) electrons. The van der Waals surface area contributed by atoms with E-state index >= 15 is 0 Å². The Balaban J connectivity index is 2.06. The fourth-order valence-electron chi connectivity index (χ4n) is 2.85. The molecule has 156 valence electrons. The summed E-state index contributed by atoms with van der Waals surface area (Å²) in [4.78, 5) is 27.3. The predicted molar refractivity (Wildman–Crippen MR) is 120 cm³/mol. The van der Waals surface area contributed by atoms with Crippen molar-refractivity contribution in [3.05, 3.63) is 64.7 Å². The second-order valence-electron chi connectivity index (χ2n) is 6.56. The van der Waals surface area contributed by atoms with Crippen molar-refractivity contribution in [3.8, 4) is 5.75 Å². The summed E-state index contributed by atoms with van der Waals surface area (Å²) in [7, 11) is 1.74. The summed E-state index contributed by atoms with van der Waals surface area (Å²) in [5.74, 6) is 1.09. The van der Waals surface area contributed by atoms with Gasteiger partial charge in [-0.15, -0.1) is 0 Å². The molecule has 0 aliphatic heterocycles. The van der Waals surface area contributed by atoms with Gasteiger partial charge in [-0.25, -0.2) is 0 Å². The lowest BCUT2D eigenvalue weighted by Gasteiger charge is -2.25. The molecule has 5 nitrogen and oxygen atoms in total. The van der Waals surface area contributed by atoms with Gasteiger partial charge in [-0.05, 0) is 55.2 Å². The van der Waals surface area contributed by atoms with Crippen LogP contribution in [-0.2, 0) is 11.3 Å². The summed E-state index contributed by atoms with van der Waals surface area (Å²) in [6.45, 7) is 2.99. The highest BCUT2D eigenvalue weighted by Gasteiger charge is 2.25. The first-order valence-corrected chi connectivity index (χ1v) is 11.2. The third kappa shape index (κ3) is 6.98. The van der Waals surface area contributed by atoms with E-state index in [2.05, 4.69) is 5.32 Å². The van der Waals surface area contributed by atoms with Gasteiger partial charge in [0.05, 0.1) is 17.2 Å². The molecule has 0 bridgehead atoms. The zero-order chi connectivity index (χ0) is 21.2. The lowest BCUT2D eigenvalue weighted by atomic mass is 10.1. The van der Waals surface area contributed by atoms with Crippen molar-refractivity contribution in [1.82, 2.24) is 10.2 Å². The van der Waals surface area contributed by atoms with Crippen LogP contribution in [0.2, 0.25) is 5.02 Å². The Labute approximate surface area is 181 Å². The molecule has 0 aliphatic carbocycles. The smallest absolute Gasteiger partial charge is 0.253 e. The molecule has 0 aromatic heterocycles. The Morgan fingerprint density at radius 2 is 1.86 bits per heavy atom. The Morgan fingerprint density at radius 3 is 2.48 bits per heavy atom. The summed E-state index contributed by atoms with van der Waals surface area (Å²) in [5.41, 5.74) is 1.36. The van der Waals surface area contributed by atoms with E-state index in [1.165, 1.54) is 0 Å². The number of hydrogen-bond donors (Lipinski definition) is 1. The monoisotopic (exact) mass is 434 g/mol. The summed E-state index contributed by atoms with van der Waals surface area (Å²) in [6, 6.07) is 13.9. The number of nitrogens with one attached hydrogen (secondary N) is 1. The van der Waals surface area contributed by atoms with Crippen molar-refractivity contribution in [1.29, 1.82) is 0 Å². The van der Waals surface area contributed by atoms with Crippen LogP contribution in [0.25, 0.3) is 0 Å². The molecule has 0 spiro atoms. The van der Waals surface area contributed by atoms with E-state index in [9.17, 15) is 9.59 Å². The highest BCUT2D eigenvalue weighted by molar-refractivity contribution is 7.98. The molecule has 0 saturated carbocycles. The first kappa shape index (κ1) is 23.1. The van der Waals surface area contributed by atoms with E-state index in [0.29, 0.717) is 30.2 Å². The molecular formula is C22H27ClN2O3S. The Kier molecular flexibility index (Phi) is 9.35. The second-order valence-corrected chi connectivity index (χ2v) is 7.95. The van der Waals surface area contributed by atoms with E-state index < -0.39 is 6.04 Å². The highest BCUT2D eigenvalue weighted by Crippen LogP contribution is 2.17. The third-order valence-electron chi connectivity index (χ3n) is 4.36. The normalized spacial score (nSPS) is 11.6. The van der Waals surface area contributed by atoms with Gasteiger partial charge >= 0.3 is 0 Å². The maximum absolute atomic E-state index is 13.0. The first-order valence-electron chi connectivity index (χ1n) is 9.47. The third-order valence-corrected chi connectivity index (χ3v) is 5.34.